The van der Waals surface area contributed by atoms with E-state index >= 15 is 0 Å². The molecule has 0 saturated carbocycles. The molecule has 182 valence electrons. The van der Waals surface area contributed by atoms with E-state index in [1.807, 2.05) is 56.3 Å². The molecule has 2 aromatic carbocycles. The summed E-state index contributed by atoms with van der Waals surface area (Å²) >= 11 is 0. The highest BCUT2D eigenvalue weighted by Gasteiger charge is 2.35. The van der Waals surface area contributed by atoms with Crippen LogP contribution in [-0.2, 0) is 16.1 Å². The van der Waals surface area contributed by atoms with Crippen molar-refractivity contribution in [3.63, 3.8) is 0 Å². The average Bonchev–Trinajstić information content (AvgIpc) is 3.47. The zero-order chi connectivity index (χ0) is 24.9. The van der Waals surface area contributed by atoms with Gasteiger partial charge in [0.15, 0.2) is 6.04 Å². The zero-order valence-electron chi connectivity index (χ0n) is 20.6. The standard InChI is InChI=1S/C27H31N5O3/c1-18(2)11-12-28-27(34)26(24-10-7-13-35-24)32(21-15-19(3)14-20(4)16-21)25(33)17-31-23-9-6-5-8-22(23)29-30-31/h5-10,13-16,18,26H,11-12,17H2,1-4H3,(H,28,34)/t26-/m1/s1. The summed E-state index contributed by atoms with van der Waals surface area (Å²) in [5.41, 5.74) is 4.05. The van der Waals surface area contributed by atoms with Crippen molar-refractivity contribution < 1.29 is 14.0 Å². The zero-order valence-corrected chi connectivity index (χ0v) is 20.6. The van der Waals surface area contributed by atoms with E-state index in [-0.39, 0.29) is 18.4 Å². The predicted molar refractivity (Wildman–Crippen MR) is 135 cm³/mol. The summed E-state index contributed by atoms with van der Waals surface area (Å²) in [6.07, 6.45) is 2.35. The molecule has 0 unspecified atom stereocenters. The predicted octanol–water partition coefficient (Wildman–Crippen LogP) is 4.58. The van der Waals surface area contributed by atoms with Crippen LogP contribution in [-0.4, -0.2) is 33.4 Å². The van der Waals surface area contributed by atoms with Crippen molar-refractivity contribution in [2.45, 2.75) is 46.7 Å². The summed E-state index contributed by atoms with van der Waals surface area (Å²) in [6.45, 7) is 8.57. The van der Waals surface area contributed by atoms with Gasteiger partial charge in [0, 0.05) is 12.2 Å². The van der Waals surface area contributed by atoms with Crippen LogP contribution in [0.25, 0.3) is 11.0 Å². The van der Waals surface area contributed by atoms with Crippen molar-refractivity contribution in [1.29, 1.82) is 0 Å². The Balaban J connectivity index is 1.75. The Hall–Kier alpha value is -3.94. The monoisotopic (exact) mass is 473 g/mol. The van der Waals surface area contributed by atoms with Gasteiger partial charge in [-0.05, 0) is 73.7 Å². The maximum atomic E-state index is 13.9. The lowest BCUT2D eigenvalue weighted by atomic mass is 10.1. The molecule has 8 nitrogen and oxygen atoms in total. The van der Waals surface area contributed by atoms with Gasteiger partial charge in [0.2, 0.25) is 5.91 Å². The third-order valence-corrected chi connectivity index (χ3v) is 5.80. The minimum absolute atomic E-state index is 0.0794. The van der Waals surface area contributed by atoms with Crippen molar-refractivity contribution in [3.8, 4) is 0 Å². The van der Waals surface area contributed by atoms with Gasteiger partial charge in [-0.3, -0.25) is 14.5 Å². The van der Waals surface area contributed by atoms with E-state index in [1.165, 1.54) is 11.2 Å². The lowest BCUT2D eigenvalue weighted by molar-refractivity contribution is -0.127. The van der Waals surface area contributed by atoms with Crippen LogP contribution in [0, 0.1) is 19.8 Å². The number of hydrogen-bond donors (Lipinski definition) is 1. The van der Waals surface area contributed by atoms with Crippen LogP contribution in [0.3, 0.4) is 0 Å². The number of aromatic nitrogens is 3. The first kappa shape index (κ1) is 24.2. The van der Waals surface area contributed by atoms with E-state index in [2.05, 4.69) is 29.5 Å². The Morgan fingerprint density at radius 1 is 1.06 bits per heavy atom. The summed E-state index contributed by atoms with van der Waals surface area (Å²) in [5, 5.41) is 11.3. The molecule has 0 bridgehead atoms. The van der Waals surface area contributed by atoms with Gasteiger partial charge in [-0.25, -0.2) is 4.68 Å². The lowest BCUT2D eigenvalue weighted by Crippen LogP contribution is -2.45. The van der Waals surface area contributed by atoms with Crippen LogP contribution in [0.5, 0.6) is 0 Å². The molecular weight excluding hydrogens is 442 g/mol. The van der Waals surface area contributed by atoms with Crippen LogP contribution in [0.1, 0.15) is 43.2 Å². The lowest BCUT2D eigenvalue weighted by Gasteiger charge is -2.30. The molecule has 0 aliphatic rings. The number of nitrogens with zero attached hydrogens (tertiary/aromatic N) is 4. The van der Waals surface area contributed by atoms with Crippen LogP contribution >= 0.6 is 0 Å². The number of amides is 2. The van der Waals surface area contributed by atoms with Gasteiger partial charge < -0.3 is 9.73 Å². The van der Waals surface area contributed by atoms with Crippen molar-refractivity contribution in [2.24, 2.45) is 5.92 Å². The first-order chi connectivity index (χ1) is 16.8. The minimum Gasteiger partial charge on any atom is -0.467 e. The van der Waals surface area contributed by atoms with Gasteiger partial charge in [0.1, 0.15) is 17.8 Å². The van der Waals surface area contributed by atoms with Crippen LogP contribution in [0.4, 0.5) is 5.69 Å². The van der Waals surface area contributed by atoms with Gasteiger partial charge in [-0.15, -0.1) is 5.10 Å². The molecule has 4 aromatic rings. The maximum absolute atomic E-state index is 13.9. The number of anilines is 1. The van der Waals surface area contributed by atoms with E-state index in [1.54, 1.807) is 16.8 Å². The Morgan fingerprint density at radius 2 is 1.80 bits per heavy atom. The van der Waals surface area contributed by atoms with Gasteiger partial charge in [-0.1, -0.05) is 37.3 Å². The number of fused-ring (bicyclic) bond motifs is 1. The Bertz CT molecular complexity index is 1290. The molecule has 0 saturated heterocycles. The van der Waals surface area contributed by atoms with E-state index < -0.39 is 6.04 Å². The number of para-hydroxylation sites is 1. The number of benzene rings is 2. The molecule has 4 rings (SSSR count). The summed E-state index contributed by atoms with van der Waals surface area (Å²) in [6, 6.07) is 15.8. The molecule has 0 aliphatic heterocycles. The number of carbonyl (C=O) groups excluding carboxylic acids is 2. The van der Waals surface area contributed by atoms with Gasteiger partial charge in [-0.2, -0.15) is 0 Å². The van der Waals surface area contributed by atoms with E-state index in [0.29, 0.717) is 29.4 Å². The molecule has 35 heavy (non-hydrogen) atoms. The number of furan rings is 1. The molecule has 0 spiro atoms. The van der Waals surface area contributed by atoms with Crippen molar-refractivity contribution in [1.82, 2.24) is 20.3 Å². The Morgan fingerprint density at radius 3 is 2.49 bits per heavy atom. The second-order valence-electron chi connectivity index (χ2n) is 9.24. The minimum atomic E-state index is -0.972. The van der Waals surface area contributed by atoms with Crippen LogP contribution in [0.15, 0.2) is 65.3 Å². The topological polar surface area (TPSA) is 93.3 Å². The number of rotatable bonds is 9. The van der Waals surface area contributed by atoms with Crippen molar-refractivity contribution in [3.05, 3.63) is 77.7 Å². The maximum Gasteiger partial charge on any atom is 0.251 e. The number of nitrogens with one attached hydrogen (secondary N) is 1. The second-order valence-corrected chi connectivity index (χ2v) is 9.24. The smallest absolute Gasteiger partial charge is 0.251 e. The van der Waals surface area contributed by atoms with Crippen molar-refractivity contribution >= 4 is 28.5 Å². The van der Waals surface area contributed by atoms with Gasteiger partial charge in [0.05, 0.1) is 11.8 Å². The molecular formula is C27H31N5O3. The first-order valence-corrected chi connectivity index (χ1v) is 11.8. The normalized spacial score (nSPS) is 12.1. The number of carbonyl (C=O) groups is 2. The second kappa shape index (κ2) is 10.5. The molecule has 2 heterocycles. The molecule has 2 aromatic heterocycles. The largest absolute Gasteiger partial charge is 0.467 e. The molecule has 0 aliphatic carbocycles. The summed E-state index contributed by atoms with van der Waals surface area (Å²) in [4.78, 5) is 29.0. The fraction of sp³-hybridized carbons (Fsp3) is 0.333. The van der Waals surface area contributed by atoms with Gasteiger partial charge in [0.25, 0.3) is 5.91 Å². The van der Waals surface area contributed by atoms with E-state index in [9.17, 15) is 9.59 Å². The summed E-state index contributed by atoms with van der Waals surface area (Å²) < 4.78 is 7.23. The fourth-order valence-corrected chi connectivity index (χ4v) is 4.17. The third-order valence-electron chi connectivity index (χ3n) is 5.80. The summed E-state index contributed by atoms with van der Waals surface area (Å²) in [7, 11) is 0. The SMILES string of the molecule is Cc1cc(C)cc(N(C(=O)Cn2nnc3ccccc32)[C@@H](C(=O)NCCC(C)C)c2ccco2)c1. The van der Waals surface area contributed by atoms with Crippen LogP contribution < -0.4 is 10.2 Å². The average molecular weight is 474 g/mol. The Labute approximate surface area is 204 Å². The molecule has 8 heteroatoms. The molecule has 0 fully saturated rings. The first-order valence-electron chi connectivity index (χ1n) is 11.8. The Kier molecular flexibility index (Phi) is 7.29. The van der Waals surface area contributed by atoms with Gasteiger partial charge >= 0.3 is 0 Å². The number of aryl methyl sites for hydroxylation is 2. The van der Waals surface area contributed by atoms with Crippen LogP contribution in [0.2, 0.25) is 0 Å². The summed E-state index contributed by atoms with van der Waals surface area (Å²) in [5.74, 6) is 0.237. The molecule has 2 amide bonds. The number of hydrogen-bond acceptors (Lipinski definition) is 5. The highest BCUT2D eigenvalue weighted by Crippen LogP contribution is 2.30. The molecule has 1 N–H and O–H groups in total. The van der Waals surface area contributed by atoms with E-state index in [4.69, 9.17) is 4.42 Å². The quantitative estimate of drug-likeness (QED) is 0.384. The molecule has 0 radical (unpaired) electrons. The highest BCUT2D eigenvalue weighted by atomic mass is 16.3. The molecule has 1 atom stereocenters. The fourth-order valence-electron chi connectivity index (χ4n) is 4.17. The van der Waals surface area contributed by atoms with Crippen molar-refractivity contribution in [2.75, 3.05) is 11.4 Å². The van der Waals surface area contributed by atoms with E-state index in [0.717, 1.165) is 23.1 Å². The highest BCUT2D eigenvalue weighted by molar-refractivity contribution is 6.01. The third kappa shape index (κ3) is 5.59.